The van der Waals surface area contributed by atoms with Gasteiger partial charge in [0.2, 0.25) is 0 Å². The van der Waals surface area contributed by atoms with Gasteiger partial charge in [-0.3, -0.25) is 0 Å². The predicted octanol–water partition coefficient (Wildman–Crippen LogP) is 3.06. The molecule has 1 fully saturated rings. The molecule has 0 amide bonds. The minimum Gasteiger partial charge on any atom is -0.0805 e. The quantitative estimate of drug-likeness (QED) is 0.517. The lowest BCUT2D eigenvalue weighted by atomic mass is 9.99. The van der Waals surface area contributed by atoms with Crippen LogP contribution in [0.25, 0.3) is 0 Å². The molecular formula is C10H14. The van der Waals surface area contributed by atoms with Crippen LogP contribution in [0.3, 0.4) is 0 Å². The second-order valence-corrected chi connectivity index (χ2v) is 3.32. The third-order valence-electron chi connectivity index (χ3n) is 2.63. The maximum atomic E-state index is 2.38. The largest absolute Gasteiger partial charge is 0.0805 e. The molecule has 0 nitrogen and oxygen atoms in total. The zero-order chi connectivity index (χ0) is 6.81. The Kier molecular flexibility index (Phi) is 1.62. The molecule has 0 heterocycles. The molecular weight excluding hydrogens is 120 g/mol. The smallest absolute Gasteiger partial charge is 0.0160 e. The Balaban J connectivity index is 2.03. The molecule has 0 aromatic carbocycles. The molecule has 0 aromatic rings. The highest BCUT2D eigenvalue weighted by Gasteiger charge is 2.18. The molecule has 1 saturated carbocycles. The van der Waals surface area contributed by atoms with Crippen molar-refractivity contribution in [2.45, 2.75) is 32.1 Å². The van der Waals surface area contributed by atoms with Crippen LogP contribution in [0.2, 0.25) is 0 Å². The Labute approximate surface area is 62.6 Å². The number of hydrogen-bond acceptors (Lipinski definition) is 0. The minimum absolute atomic E-state index is 0.929. The molecule has 2 aliphatic carbocycles. The van der Waals surface area contributed by atoms with Gasteiger partial charge in [-0.2, -0.15) is 0 Å². The van der Waals surface area contributed by atoms with Crippen LogP contribution < -0.4 is 0 Å². The molecule has 0 radical (unpaired) electrons. The van der Waals surface area contributed by atoms with Gasteiger partial charge in [-0.1, -0.05) is 31.1 Å². The van der Waals surface area contributed by atoms with Crippen molar-refractivity contribution in [1.82, 2.24) is 0 Å². The summed E-state index contributed by atoms with van der Waals surface area (Å²) in [5.74, 6) is 0.929. The number of hydrogen-bond donors (Lipinski definition) is 0. The number of rotatable bonds is 1. The van der Waals surface area contributed by atoms with E-state index in [1.807, 2.05) is 0 Å². The summed E-state index contributed by atoms with van der Waals surface area (Å²) in [6.07, 6.45) is 13.9. The molecule has 54 valence electrons. The van der Waals surface area contributed by atoms with Crippen LogP contribution in [0.15, 0.2) is 23.8 Å². The molecule has 0 saturated heterocycles. The Morgan fingerprint density at radius 3 is 2.60 bits per heavy atom. The van der Waals surface area contributed by atoms with Gasteiger partial charge >= 0.3 is 0 Å². The Morgan fingerprint density at radius 2 is 2.00 bits per heavy atom. The summed E-state index contributed by atoms with van der Waals surface area (Å²) in [7, 11) is 0. The molecule has 10 heavy (non-hydrogen) atoms. The fraction of sp³-hybridized carbons (Fsp3) is 0.600. The van der Waals surface area contributed by atoms with E-state index >= 15 is 0 Å². The standard InChI is InChI=1S/C10H14/c1-2-6-9(5-1)10-7-3-4-8-10/h1,5-6,10H,2-4,7-8H2. The third-order valence-corrected chi connectivity index (χ3v) is 2.63. The lowest BCUT2D eigenvalue weighted by Crippen LogP contribution is -1.93. The van der Waals surface area contributed by atoms with Crippen LogP contribution >= 0.6 is 0 Å². The number of allylic oxidation sites excluding steroid dienone is 4. The zero-order valence-electron chi connectivity index (χ0n) is 6.34. The van der Waals surface area contributed by atoms with Gasteiger partial charge in [-0.25, -0.2) is 0 Å². The molecule has 0 aromatic heterocycles. The Bertz CT molecular complexity index is 168. The summed E-state index contributed by atoms with van der Waals surface area (Å²) in [6.45, 7) is 0. The second kappa shape index (κ2) is 2.61. The van der Waals surface area contributed by atoms with E-state index in [0.717, 1.165) is 5.92 Å². The van der Waals surface area contributed by atoms with E-state index in [1.54, 1.807) is 5.57 Å². The van der Waals surface area contributed by atoms with Gasteiger partial charge in [0.05, 0.1) is 0 Å². The van der Waals surface area contributed by atoms with E-state index in [0.29, 0.717) is 0 Å². The molecule has 2 aliphatic rings. The van der Waals surface area contributed by atoms with Crippen molar-refractivity contribution < 1.29 is 0 Å². The minimum atomic E-state index is 0.929. The first kappa shape index (κ1) is 6.21. The van der Waals surface area contributed by atoms with Crippen LogP contribution in [0.4, 0.5) is 0 Å². The molecule has 0 atom stereocenters. The molecule has 0 aliphatic heterocycles. The monoisotopic (exact) mass is 134 g/mol. The van der Waals surface area contributed by atoms with Gasteiger partial charge in [-0.05, 0) is 30.8 Å². The maximum absolute atomic E-state index is 2.38. The van der Waals surface area contributed by atoms with Gasteiger partial charge in [0.25, 0.3) is 0 Å². The van der Waals surface area contributed by atoms with Gasteiger partial charge in [0.1, 0.15) is 0 Å². The van der Waals surface area contributed by atoms with Crippen molar-refractivity contribution in [2.75, 3.05) is 0 Å². The first-order valence-corrected chi connectivity index (χ1v) is 4.33. The summed E-state index contributed by atoms with van der Waals surface area (Å²) < 4.78 is 0. The van der Waals surface area contributed by atoms with Crippen molar-refractivity contribution in [3.05, 3.63) is 23.8 Å². The molecule has 2 rings (SSSR count). The normalized spacial score (nSPS) is 25.8. The zero-order valence-corrected chi connectivity index (χ0v) is 6.34. The van der Waals surface area contributed by atoms with Crippen LogP contribution in [-0.4, -0.2) is 0 Å². The lowest BCUT2D eigenvalue weighted by molar-refractivity contribution is 0.658. The summed E-state index contributed by atoms with van der Waals surface area (Å²) in [4.78, 5) is 0. The van der Waals surface area contributed by atoms with Gasteiger partial charge < -0.3 is 0 Å². The molecule has 0 bridgehead atoms. The first-order valence-electron chi connectivity index (χ1n) is 4.33. The van der Waals surface area contributed by atoms with Crippen molar-refractivity contribution in [3.8, 4) is 0 Å². The van der Waals surface area contributed by atoms with E-state index in [-0.39, 0.29) is 0 Å². The topological polar surface area (TPSA) is 0 Å². The highest BCUT2D eigenvalue weighted by molar-refractivity contribution is 5.28. The van der Waals surface area contributed by atoms with E-state index < -0.39 is 0 Å². The van der Waals surface area contributed by atoms with Crippen molar-refractivity contribution >= 4 is 0 Å². The second-order valence-electron chi connectivity index (χ2n) is 3.32. The Morgan fingerprint density at radius 1 is 1.20 bits per heavy atom. The summed E-state index contributed by atoms with van der Waals surface area (Å²) >= 11 is 0. The van der Waals surface area contributed by atoms with Crippen LogP contribution in [-0.2, 0) is 0 Å². The molecule has 0 spiro atoms. The van der Waals surface area contributed by atoms with Gasteiger partial charge in [-0.15, -0.1) is 0 Å². The van der Waals surface area contributed by atoms with Crippen LogP contribution in [0.5, 0.6) is 0 Å². The fourth-order valence-corrected chi connectivity index (χ4v) is 2.04. The highest BCUT2D eigenvalue weighted by Crippen LogP contribution is 2.33. The summed E-state index contributed by atoms with van der Waals surface area (Å²) in [6, 6.07) is 0. The molecule has 0 N–H and O–H groups in total. The average molecular weight is 134 g/mol. The van der Waals surface area contributed by atoms with E-state index in [9.17, 15) is 0 Å². The Hall–Kier alpha value is -0.520. The van der Waals surface area contributed by atoms with Crippen molar-refractivity contribution in [3.63, 3.8) is 0 Å². The van der Waals surface area contributed by atoms with Crippen molar-refractivity contribution in [2.24, 2.45) is 5.92 Å². The van der Waals surface area contributed by atoms with Crippen LogP contribution in [0, 0.1) is 5.92 Å². The summed E-state index contributed by atoms with van der Waals surface area (Å²) in [5, 5.41) is 0. The van der Waals surface area contributed by atoms with Crippen LogP contribution in [0.1, 0.15) is 32.1 Å². The summed E-state index contributed by atoms with van der Waals surface area (Å²) in [5.41, 5.74) is 1.62. The highest BCUT2D eigenvalue weighted by atomic mass is 14.2. The fourth-order valence-electron chi connectivity index (χ4n) is 2.04. The predicted molar refractivity (Wildman–Crippen MR) is 43.8 cm³/mol. The van der Waals surface area contributed by atoms with Crippen molar-refractivity contribution in [1.29, 1.82) is 0 Å². The molecule has 0 heteroatoms. The van der Waals surface area contributed by atoms with E-state index in [2.05, 4.69) is 18.2 Å². The molecule has 0 unspecified atom stereocenters. The van der Waals surface area contributed by atoms with E-state index in [4.69, 9.17) is 0 Å². The first-order chi connectivity index (χ1) is 4.97. The maximum Gasteiger partial charge on any atom is -0.0160 e. The average Bonchev–Trinajstić information content (AvgIpc) is 2.59. The van der Waals surface area contributed by atoms with Gasteiger partial charge in [0, 0.05) is 0 Å². The third kappa shape index (κ3) is 1.03. The van der Waals surface area contributed by atoms with E-state index in [1.165, 1.54) is 32.1 Å². The lowest BCUT2D eigenvalue weighted by Gasteiger charge is -2.06. The SMILES string of the molecule is C1=CC(C2CCCC2)=CC1. The van der Waals surface area contributed by atoms with Gasteiger partial charge in [0.15, 0.2) is 0 Å².